The van der Waals surface area contributed by atoms with Crippen LogP contribution < -0.4 is 9.47 Å². The van der Waals surface area contributed by atoms with E-state index in [0.29, 0.717) is 23.7 Å². The molecule has 1 amide bonds. The van der Waals surface area contributed by atoms with E-state index in [-0.39, 0.29) is 19.1 Å². The number of ether oxygens (including phenoxy) is 3. The Morgan fingerprint density at radius 3 is 2.78 bits per heavy atom. The second-order valence-electron chi connectivity index (χ2n) is 4.90. The van der Waals surface area contributed by atoms with Crippen molar-refractivity contribution < 1.29 is 28.9 Å². The summed E-state index contributed by atoms with van der Waals surface area (Å²) < 4.78 is 15.5. The molecular weight excluding hydrogens is 302 g/mol. The van der Waals surface area contributed by atoms with Crippen LogP contribution in [0.25, 0.3) is 6.08 Å². The van der Waals surface area contributed by atoms with E-state index in [1.807, 2.05) is 0 Å². The Kier molecular flexibility index (Phi) is 5.59. The number of nitrogens with zero attached hydrogens (tertiary/aromatic N) is 1. The quantitative estimate of drug-likeness (QED) is 0.815. The number of morpholine rings is 1. The van der Waals surface area contributed by atoms with Crippen LogP contribution in [0.2, 0.25) is 0 Å². The van der Waals surface area contributed by atoms with Crippen molar-refractivity contribution >= 4 is 18.0 Å². The van der Waals surface area contributed by atoms with Crippen molar-refractivity contribution in [1.29, 1.82) is 0 Å². The molecule has 7 heteroatoms. The molecule has 1 aliphatic heterocycles. The third-order valence-corrected chi connectivity index (χ3v) is 3.54. The van der Waals surface area contributed by atoms with Crippen LogP contribution >= 0.6 is 0 Å². The van der Waals surface area contributed by atoms with Gasteiger partial charge in [-0.1, -0.05) is 0 Å². The number of rotatable bonds is 5. The molecule has 1 aliphatic rings. The second-order valence-corrected chi connectivity index (χ2v) is 4.90. The van der Waals surface area contributed by atoms with Gasteiger partial charge in [0, 0.05) is 24.3 Å². The first kappa shape index (κ1) is 16.8. The fourth-order valence-electron chi connectivity index (χ4n) is 2.28. The van der Waals surface area contributed by atoms with Gasteiger partial charge in [0.2, 0.25) is 5.91 Å². The Labute approximate surface area is 134 Å². The minimum absolute atomic E-state index is 0.000764. The predicted octanol–water partition coefficient (Wildman–Crippen LogP) is 1.03. The van der Waals surface area contributed by atoms with E-state index in [2.05, 4.69) is 0 Å². The van der Waals surface area contributed by atoms with Gasteiger partial charge in [-0.2, -0.15) is 0 Å². The number of aliphatic carboxylic acids is 1. The fourth-order valence-corrected chi connectivity index (χ4v) is 2.28. The van der Waals surface area contributed by atoms with E-state index in [9.17, 15) is 9.59 Å². The average molecular weight is 321 g/mol. The summed E-state index contributed by atoms with van der Waals surface area (Å²) in [4.78, 5) is 24.7. The van der Waals surface area contributed by atoms with E-state index >= 15 is 0 Å². The number of benzene rings is 1. The Hall–Kier alpha value is -2.54. The smallest absolute Gasteiger partial charge is 0.328 e. The van der Waals surface area contributed by atoms with E-state index in [1.54, 1.807) is 31.4 Å². The highest BCUT2D eigenvalue weighted by atomic mass is 16.5. The Morgan fingerprint density at radius 2 is 2.13 bits per heavy atom. The van der Waals surface area contributed by atoms with Crippen LogP contribution in [-0.2, 0) is 14.3 Å². The lowest BCUT2D eigenvalue weighted by molar-refractivity contribution is -0.156. The van der Waals surface area contributed by atoms with Gasteiger partial charge in [0.05, 0.1) is 27.4 Å². The topological polar surface area (TPSA) is 85.3 Å². The van der Waals surface area contributed by atoms with E-state index < -0.39 is 12.0 Å². The lowest BCUT2D eigenvalue weighted by atomic mass is 10.1. The summed E-state index contributed by atoms with van der Waals surface area (Å²) in [6.45, 7) is 0.579. The zero-order valence-corrected chi connectivity index (χ0v) is 13.0. The molecule has 1 fully saturated rings. The zero-order valence-electron chi connectivity index (χ0n) is 13.0. The molecule has 1 N–H and O–H groups in total. The number of hydrogen-bond acceptors (Lipinski definition) is 5. The van der Waals surface area contributed by atoms with Gasteiger partial charge >= 0.3 is 5.97 Å². The molecule has 7 nitrogen and oxygen atoms in total. The molecule has 1 unspecified atom stereocenters. The molecule has 1 heterocycles. The van der Waals surface area contributed by atoms with Crippen LogP contribution in [0.4, 0.5) is 0 Å². The van der Waals surface area contributed by atoms with Gasteiger partial charge in [-0.25, -0.2) is 4.79 Å². The van der Waals surface area contributed by atoms with Gasteiger partial charge in [0.25, 0.3) is 0 Å². The minimum atomic E-state index is -1.08. The van der Waals surface area contributed by atoms with E-state index in [1.165, 1.54) is 18.1 Å². The van der Waals surface area contributed by atoms with E-state index in [4.69, 9.17) is 19.3 Å². The van der Waals surface area contributed by atoms with Crippen molar-refractivity contribution in [2.75, 3.05) is 34.0 Å². The summed E-state index contributed by atoms with van der Waals surface area (Å²) in [6, 6.07) is 4.26. The molecule has 0 radical (unpaired) electrons. The third kappa shape index (κ3) is 4.01. The van der Waals surface area contributed by atoms with Crippen LogP contribution in [0, 0.1) is 0 Å². The highest BCUT2D eigenvalue weighted by Gasteiger charge is 2.31. The first-order valence-corrected chi connectivity index (χ1v) is 7.08. The number of carbonyl (C=O) groups excluding carboxylic acids is 1. The molecule has 0 aromatic heterocycles. The Balaban J connectivity index is 2.15. The number of hydrogen-bond donors (Lipinski definition) is 1. The lowest BCUT2D eigenvalue weighted by Gasteiger charge is -2.32. The van der Waals surface area contributed by atoms with Gasteiger partial charge in [-0.05, 0) is 18.2 Å². The largest absolute Gasteiger partial charge is 0.497 e. The second kappa shape index (κ2) is 7.64. The molecule has 0 aliphatic carbocycles. The maximum Gasteiger partial charge on any atom is 0.328 e. The van der Waals surface area contributed by atoms with Gasteiger partial charge in [-0.3, -0.25) is 4.79 Å². The first-order chi connectivity index (χ1) is 11.1. The van der Waals surface area contributed by atoms with Crippen LogP contribution in [0.3, 0.4) is 0 Å². The van der Waals surface area contributed by atoms with Gasteiger partial charge in [-0.15, -0.1) is 0 Å². The van der Waals surface area contributed by atoms with Crippen LogP contribution in [0.1, 0.15) is 5.56 Å². The zero-order chi connectivity index (χ0) is 16.8. The van der Waals surface area contributed by atoms with Crippen molar-refractivity contribution in [2.45, 2.75) is 6.04 Å². The van der Waals surface area contributed by atoms with Crippen LogP contribution in [-0.4, -0.2) is 61.9 Å². The lowest BCUT2D eigenvalue weighted by Crippen LogP contribution is -2.52. The van der Waals surface area contributed by atoms with Crippen molar-refractivity contribution in [1.82, 2.24) is 4.90 Å². The van der Waals surface area contributed by atoms with Gasteiger partial charge in [0.1, 0.15) is 11.5 Å². The molecule has 1 aromatic carbocycles. The molecule has 23 heavy (non-hydrogen) atoms. The summed E-state index contributed by atoms with van der Waals surface area (Å²) in [6.07, 6.45) is 2.93. The predicted molar refractivity (Wildman–Crippen MR) is 82.5 cm³/mol. The summed E-state index contributed by atoms with van der Waals surface area (Å²) >= 11 is 0. The van der Waals surface area contributed by atoms with Gasteiger partial charge in [0.15, 0.2) is 6.04 Å². The summed E-state index contributed by atoms with van der Waals surface area (Å²) in [5, 5.41) is 9.15. The Bertz CT molecular complexity index is 613. The summed E-state index contributed by atoms with van der Waals surface area (Å²) in [5.41, 5.74) is 0.696. The first-order valence-electron chi connectivity index (χ1n) is 7.08. The normalized spacial score (nSPS) is 18.0. The number of methoxy groups -OCH3 is 2. The van der Waals surface area contributed by atoms with Crippen LogP contribution in [0.15, 0.2) is 24.3 Å². The molecule has 1 atom stereocenters. The maximum absolute atomic E-state index is 12.3. The average Bonchev–Trinajstić information content (AvgIpc) is 2.59. The molecule has 0 saturated carbocycles. The summed E-state index contributed by atoms with van der Waals surface area (Å²) in [5.74, 6) is -0.248. The number of carbonyl (C=O) groups is 2. The molecule has 124 valence electrons. The molecule has 0 spiro atoms. The van der Waals surface area contributed by atoms with Crippen LogP contribution in [0.5, 0.6) is 11.5 Å². The van der Waals surface area contributed by atoms with Crippen molar-refractivity contribution in [3.8, 4) is 11.5 Å². The molecule has 2 rings (SSSR count). The number of carboxylic acids is 1. The summed E-state index contributed by atoms with van der Waals surface area (Å²) in [7, 11) is 3.08. The van der Waals surface area contributed by atoms with Crippen molar-refractivity contribution in [3.63, 3.8) is 0 Å². The number of amides is 1. The number of carboxylic acid groups (broad SMARTS) is 1. The highest BCUT2D eigenvalue weighted by Crippen LogP contribution is 2.25. The molecule has 1 aromatic rings. The fraction of sp³-hybridized carbons (Fsp3) is 0.375. The van der Waals surface area contributed by atoms with Crippen molar-refractivity contribution in [2.24, 2.45) is 0 Å². The maximum atomic E-state index is 12.3. The molecular formula is C16H19NO6. The van der Waals surface area contributed by atoms with Crippen molar-refractivity contribution in [3.05, 3.63) is 29.8 Å². The minimum Gasteiger partial charge on any atom is -0.497 e. The monoisotopic (exact) mass is 321 g/mol. The molecule has 1 saturated heterocycles. The van der Waals surface area contributed by atoms with E-state index in [0.717, 1.165) is 0 Å². The molecule has 0 bridgehead atoms. The third-order valence-electron chi connectivity index (χ3n) is 3.54. The highest BCUT2D eigenvalue weighted by molar-refractivity contribution is 5.95. The standard InChI is InChI=1S/C16H19NO6/c1-21-12-5-3-11(14(9-12)22-2)4-6-15(18)17-7-8-23-10-13(17)16(19)20/h3-6,9,13H,7-8,10H2,1-2H3,(H,19,20)/b6-4+. The SMILES string of the molecule is COc1ccc(/C=C/C(=O)N2CCOCC2C(=O)O)c(OC)c1. The van der Waals surface area contributed by atoms with Gasteiger partial charge < -0.3 is 24.2 Å². The Morgan fingerprint density at radius 1 is 1.35 bits per heavy atom.